The molecule has 1 aromatic rings. The molecule has 0 aliphatic carbocycles. The molecule has 1 unspecified atom stereocenters. The number of aryl methyl sites for hydroxylation is 2. The third kappa shape index (κ3) is 3.32. The van der Waals surface area contributed by atoms with Crippen LogP contribution in [0.5, 0.6) is 0 Å². The maximum atomic E-state index is 3.31. The topological polar surface area (TPSA) is 12.0 Å². The first-order valence-electron chi connectivity index (χ1n) is 6.72. The molecule has 0 saturated carbocycles. The third-order valence-corrected chi connectivity index (χ3v) is 4.08. The highest BCUT2D eigenvalue weighted by Crippen LogP contribution is 2.25. The average molecular weight is 233 g/mol. The van der Waals surface area contributed by atoms with Crippen molar-refractivity contribution >= 4 is 0 Å². The molecule has 0 fully saturated rings. The minimum absolute atomic E-state index is 0.749. The lowest BCUT2D eigenvalue weighted by molar-refractivity contribution is 0.479. The van der Waals surface area contributed by atoms with Crippen molar-refractivity contribution in [1.29, 1.82) is 0 Å². The summed E-state index contributed by atoms with van der Waals surface area (Å²) in [6, 6.07) is 2.31. The predicted molar refractivity (Wildman–Crippen MR) is 76.8 cm³/mol. The first-order chi connectivity index (χ1) is 8.01. The van der Waals surface area contributed by atoms with Gasteiger partial charge < -0.3 is 5.32 Å². The van der Waals surface area contributed by atoms with E-state index in [1.807, 2.05) is 7.05 Å². The summed E-state index contributed by atoms with van der Waals surface area (Å²) in [5.74, 6) is 0.749. The molecule has 0 saturated heterocycles. The monoisotopic (exact) mass is 233 g/mol. The Kier molecular flexibility index (Phi) is 5.20. The number of nitrogens with one attached hydrogen (secondary N) is 1. The van der Waals surface area contributed by atoms with Gasteiger partial charge in [-0.3, -0.25) is 0 Å². The molecule has 0 bridgehead atoms. The first kappa shape index (κ1) is 14.2. The van der Waals surface area contributed by atoms with Crippen molar-refractivity contribution < 1.29 is 0 Å². The van der Waals surface area contributed by atoms with Crippen LogP contribution in [-0.2, 0) is 6.42 Å². The van der Waals surface area contributed by atoms with E-state index in [4.69, 9.17) is 0 Å². The van der Waals surface area contributed by atoms with Gasteiger partial charge in [-0.15, -0.1) is 0 Å². The van der Waals surface area contributed by atoms with Crippen LogP contribution in [0.4, 0.5) is 0 Å². The van der Waals surface area contributed by atoms with E-state index in [1.54, 1.807) is 5.56 Å². The van der Waals surface area contributed by atoms with Gasteiger partial charge in [-0.05, 0) is 81.4 Å². The Morgan fingerprint density at radius 2 is 1.59 bits per heavy atom. The maximum absolute atomic E-state index is 3.31. The molecule has 0 aliphatic heterocycles. The van der Waals surface area contributed by atoms with Gasteiger partial charge in [-0.25, -0.2) is 0 Å². The number of benzene rings is 1. The van der Waals surface area contributed by atoms with Gasteiger partial charge in [-0.1, -0.05) is 19.4 Å². The van der Waals surface area contributed by atoms with Crippen LogP contribution in [0.25, 0.3) is 0 Å². The van der Waals surface area contributed by atoms with E-state index in [9.17, 15) is 0 Å². The Morgan fingerprint density at radius 1 is 1.06 bits per heavy atom. The molecule has 1 nitrogen and oxygen atoms in total. The zero-order valence-electron chi connectivity index (χ0n) is 12.3. The van der Waals surface area contributed by atoms with Gasteiger partial charge in [0.2, 0.25) is 0 Å². The fourth-order valence-corrected chi connectivity index (χ4v) is 2.54. The molecule has 17 heavy (non-hydrogen) atoms. The third-order valence-electron chi connectivity index (χ3n) is 4.08. The Bertz CT molecular complexity index is 353. The van der Waals surface area contributed by atoms with Crippen molar-refractivity contribution in [1.82, 2.24) is 5.32 Å². The highest BCUT2D eigenvalue weighted by atomic mass is 14.8. The van der Waals surface area contributed by atoms with E-state index in [1.165, 1.54) is 35.1 Å². The standard InChI is InChI=1S/C16H27N/c1-7-15(10-17-6)9-16-13(4)11(2)8-12(3)14(16)5/h8,15,17H,7,9-10H2,1-6H3. The summed E-state index contributed by atoms with van der Waals surface area (Å²) in [5, 5.41) is 3.31. The highest BCUT2D eigenvalue weighted by Gasteiger charge is 2.13. The lowest BCUT2D eigenvalue weighted by atomic mass is 9.87. The van der Waals surface area contributed by atoms with Crippen LogP contribution in [0.2, 0.25) is 0 Å². The smallest absolute Gasteiger partial charge is 0.00204 e. The fraction of sp³-hybridized carbons (Fsp3) is 0.625. The van der Waals surface area contributed by atoms with E-state index in [0.29, 0.717) is 0 Å². The summed E-state index contributed by atoms with van der Waals surface area (Å²) in [5.41, 5.74) is 7.42. The molecule has 1 rings (SSSR count). The van der Waals surface area contributed by atoms with E-state index < -0.39 is 0 Å². The molecule has 0 spiro atoms. The first-order valence-corrected chi connectivity index (χ1v) is 6.72. The summed E-state index contributed by atoms with van der Waals surface area (Å²) < 4.78 is 0. The zero-order valence-corrected chi connectivity index (χ0v) is 12.3. The Hall–Kier alpha value is -0.820. The fourth-order valence-electron chi connectivity index (χ4n) is 2.54. The Balaban J connectivity index is 3.04. The molecule has 0 aromatic heterocycles. The van der Waals surface area contributed by atoms with Crippen molar-refractivity contribution in [2.75, 3.05) is 13.6 Å². The van der Waals surface area contributed by atoms with Crippen molar-refractivity contribution in [2.24, 2.45) is 5.92 Å². The molecule has 0 radical (unpaired) electrons. The van der Waals surface area contributed by atoms with E-state index in [2.05, 4.69) is 46.0 Å². The van der Waals surface area contributed by atoms with Crippen LogP contribution in [0, 0.1) is 33.6 Å². The van der Waals surface area contributed by atoms with Gasteiger partial charge in [0.05, 0.1) is 0 Å². The Morgan fingerprint density at radius 3 is 2.00 bits per heavy atom. The molecule has 0 heterocycles. The van der Waals surface area contributed by atoms with Crippen LogP contribution < -0.4 is 5.32 Å². The van der Waals surface area contributed by atoms with Gasteiger partial charge in [0, 0.05) is 0 Å². The van der Waals surface area contributed by atoms with Crippen LogP contribution in [0.3, 0.4) is 0 Å². The lowest BCUT2D eigenvalue weighted by Gasteiger charge is -2.20. The average Bonchev–Trinajstić information content (AvgIpc) is 2.30. The van der Waals surface area contributed by atoms with Crippen molar-refractivity contribution in [3.05, 3.63) is 33.9 Å². The molecule has 1 atom stereocenters. The van der Waals surface area contributed by atoms with Gasteiger partial charge in [0.1, 0.15) is 0 Å². The molecule has 1 heteroatoms. The van der Waals surface area contributed by atoms with Crippen molar-refractivity contribution in [3.63, 3.8) is 0 Å². The summed E-state index contributed by atoms with van der Waals surface area (Å²) >= 11 is 0. The normalized spacial score (nSPS) is 12.8. The molecular weight excluding hydrogens is 206 g/mol. The Labute approximate surface area is 107 Å². The van der Waals surface area contributed by atoms with Crippen LogP contribution >= 0.6 is 0 Å². The second-order valence-electron chi connectivity index (χ2n) is 5.27. The maximum Gasteiger partial charge on any atom is -0.00204 e. The van der Waals surface area contributed by atoms with E-state index in [-0.39, 0.29) is 0 Å². The van der Waals surface area contributed by atoms with Gasteiger partial charge in [0.25, 0.3) is 0 Å². The van der Waals surface area contributed by atoms with Crippen LogP contribution in [-0.4, -0.2) is 13.6 Å². The van der Waals surface area contributed by atoms with Crippen LogP contribution in [0.1, 0.15) is 41.2 Å². The van der Waals surface area contributed by atoms with Gasteiger partial charge >= 0.3 is 0 Å². The van der Waals surface area contributed by atoms with Crippen molar-refractivity contribution in [3.8, 4) is 0 Å². The van der Waals surface area contributed by atoms with E-state index in [0.717, 1.165) is 12.5 Å². The number of hydrogen-bond acceptors (Lipinski definition) is 1. The molecule has 1 N–H and O–H groups in total. The minimum atomic E-state index is 0.749. The highest BCUT2D eigenvalue weighted by molar-refractivity contribution is 5.44. The quantitative estimate of drug-likeness (QED) is 0.817. The lowest BCUT2D eigenvalue weighted by Crippen LogP contribution is -2.21. The zero-order chi connectivity index (χ0) is 13.0. The van der Waals surface area contributed by atoms with Gasteiger partial charge in [0.15, 0.2) is 0 Å². The second-order valence-corrected chi connectivity index (χ2v) is 5.27. The second kappa shape index (κ2) is 6.20. The molecule has 0 aliphatic rings. The summed E-state index contributed by atoms with van der Waals surface area (Å²) in [6.45, 7) is 12.4. The molecule has 96 valence electrons. The largest absolute Gasteiger partial charge is 0.319 e. The molecular formula is C16H27N. The predicted octanol–water partition coefficient (Wildman–Crippen LogP) is 3.71. The summed E-state index contributed by atoms with van der Waals surface area (Å²) in [4.78, 5) is 0. The van der Waals surface area contributed by atoms with Gasteiger partial charge in [-0.2, -0.15) is 0 Å². The van der Waals surface area contributed by atoms with Crippen LogP contribution in [0.15, 0.2) is 6.07 Å². The summed E-state index contributed by atoms with van der Waals surface area (Å²) in [6.07, 6.45) is 2.45. The SMILES string of the molecule is CCC(CNC)Cc1c(C)c(C)cc(C)c1C. The van der Waals surface area contributed by atoms with Crippen molar-refractivity contribution in [2.45, 2.75) is 47.5 Å². The molecule has 1 aromatic carbocycles. The van der Waals surface area contributed by atoms with E-state index >= 15 is 0 Å². The molecule has 0 amide bonds. The number of hydrogen-bond donors (Lipinski definition) is 1. The summed E-state index contributed by atoms with van der Waals surface area (Å²) in [7, 11) is 2.05. The minimum Gasteiger partial charge on any atom is -0.319 e. The number of rotatable bonds is 5.